The molecule has 0 radical (unpaired) electrons. The van der Waals surface area contributed by atoms with Gasteiger partial charge in [-0.2, -0.15) is 0 Å². The molecule has 14 heavy (non-hydrogen) atoms. The van der Waals surface area contributed by atoms with Crippen LogP contribution < -0.4 is 0 Å². The Kier molecular flexibility index (Phi) is 2.55. The second-order valence-corrected chi connectivity index (χ2v) is 3.61. The standard InChI is InChI=1S/C8H10N4OS/c1-2-12-4-3-9-8(12)7(13)6-5-10-11-14-6/h3-5,7,13H,2H2,1H3. The third-order valence-electron chi connectivity index (χ3n) is 1.98. The van der Waals surface area contributed by atoms with Gasteiger partial charge in [0.05, 0.1) is 11.1 Å². The number of aliphatic hydroxyl groups excluding tert-OH is 1. The molecule has 0 aliphatic rings. The molecule has 1 unspecified atom stereocenters. The van der Waals surface area contributed by atoms with Gasteiger partial charge in [0.1, 0.15) is 11.9 Å². The van der Waals surface area contributed by atoms with E-state index in [2.05, 4.69) is 14.6 Å². The van der Waals surface area contributed by atoms with Crippen LogP contribution in [0.1, 0.15) is 23.7 Å². The number of rotatable bonds is 3. The van der Waals surface area contributed by atoms with Gasteiger partial charge in [0.2, 0.25) is 0 Å². The molecule has 0 aromatic carbocycles. The van der Waals surface area contributed by atoms with Gasteiger partial charge in [-0.15, -0.1) is 5.10 Å². The average Bonchev–Trinajstić information content (AvgIpc) is 2.87. The maximum absolute atomic E-state index is 9.93. The predicted molar refractivity (Wildman–Crippen MR) is 51.9 cm³/mol. The van der Waals surface area contributed by atoms with Crippen molar-refractivity contribution in [3.05, 3.63) is 29.3 Å². The summed E-state index contributed by atoms with van der Waals surface area (Å²) < 4.78 is 5.60. The quantitative estimate of drug-likeness (QED) is 0.815. The summed E-state index contributed by atoms with van der Waals surface area (Å²) in [6.07, 6.45) is 4.36. The lowest BCUT2D eigenvalue weighted by atomic mass is 10.3. The third kappa shape index (κ3) is 1.53. The normalized spacial score (nSPS) is 13.0. The van der Waals surface area contributed by atoms with E-state index in [1.54, 1.807) is 12.4 Å². The number of aryl methyl sites for hydroxylation is 1. The number of hydrogen-bond acceptors (Lipinski definition) is 5. The monoisotopic (exact) mass is 210 g/mol. The van der Waals surface area contributed by atoms with Crippen molar-refractivity contribution in [2.75, 3.05) is 0 Å². The molecule has 2 aromatic heterocycles. The van der Waals surface area contributed by atoms with Crippen LogP contribution in [-0.2, 0) is 6.54 Å². The smallest absolute Gasteiger partial charge is 0.149 e. The molecule has 6 heteroatoms. The van der Waals surface area contributed by atoms with Crippen molar-refractivity contribution in [1.29, 1.82) is 0 Å². The fourth-order valence-corrected chi connectivity index (χ4v) is 1.75. The van der Waals surface area contributed by atoms with E-state index in [9.17, 15) is 5.11 Å². The molecule has 0 saturated carbocycles. The van der Waals surface area contributed by atoms with E-state index in [4.69, 9.17) is 0 Å². The number of aromatic nitrogens is 4. The van der Waals surface area contributed by atoms with Crippen molar-refractivity contribution < 1.29 is 5.11 Å². The number of imidazole rings is 1. The van der Waals surface area contributed by atoms with Crippen molar-refractivity contribution in [1.82, 2.24) is 19.1 Å². The van der Waals surface area contributed by atoms with E-state index in [-0.39, 0.29) is 0 Å². The van der Waals surface area contributed by atoms with Gasteiger partial charge in [0.25, 0.3) is 0 Å². The molecule has 1 N–H and O–H groups in total. The molecule has 0 fully saturated rings. The molecular weight excluding hydrogens is 200 g/mol. The first kappa shape index (κ1) is 9.29. The molecule has 2 rings (SSSR count). The van der Waals surface area contributed by atoms with Crippen LogP contribution in [-0.4, -0.2) is 24.2 Å². The van der Waals surface area contributed by atoms with Crippen LogP contribution in [0.5, 0.6) is 0 Å². The fraction of sp³-hybridized carbons (Fsp3) is 0.375. The molecule has 2 heterocycles. The summed E-state index contributed by atoms with van der Waals surface area (Å²) in [5, 5.41) is 13.6. The van der Waals surface area contributed by atoms with Gasteiger partial charge in [-0.25, -0.2) is 4.98 Å². The van der Waals surface area contributed by atoms with Gasteiger partial charge >= 0.3 is 0 Å². The van der Waals surface area contributed by atoms with Gasteiger partial charge < -0.3 is 9.67 Å². The van der Waals surface area contributed by atoms with Gasteiger partial charge in [-0.1, -0.05) is 4.49 Å². The van der Waals surface area contributed by atoms with Crippen molar-refractivity contribution in [3.8, 4) is 0 Å². The van der Waals surface area contributed by atoms with E-state index < -0.39 is 6.10 Å². The van der Waals surface area contributed by atoms with Gasteiger partial charge in [0, 0.05) is 18.9 Å². The first-order valence-electron chi connectivity index (χ1n) is 4.29. The van der Waals surface area contributed by atoms with Crippen molar-refractivity contribution >= 4 is 11.5 Å². The minimum absolute atomic E-state index is 0.638. The Morgan fingerprint density at radius 2 is 2.50 bits per heavy atom. The lowest BCUT2D eigenvalue weighted by molar-refractivity contribution is 0.208. The van der Waals surface area contributed by atoms with Crippen LogP contribution in [0.25, 0.3) is 0 Å². The molecule has 2 aromatic rings. The highest BCUT2D eigenvalue weighted by molar-refractivity contribution is 7.05. The lowest BCUT2D eigenvalue weighted by Crippen LogP contribution is -2.07. The van der Waals surface area contributed by atoms with Crippen LogP contribution in [0.3, 0.4) is 0 Å². The first-order chi connectivity index (χ1) is 6.83. The molecule has 0 aliphatic carbocycles. The van der Waals surface area contributed by atoms with Crippen molar-refractivity contribution in [2.24, 2.45) is 0 Å². The summed E-state index contributed by atoms with van der Waals surface area (Å²) in [7, 11) is 0. The van der Waals surface area contributed by atoms with Gasteiger partial charge in [-0.3, -0.25) is 0 Å². The summed E-state index contributed by atoms with van der Waals surface area (Å²) in [5.74, 6) is 0.638. The Balaban J connectivity index is 2.31. The average molecular weight is 210 g/mol. The van der Waals surface area contributed by atoms with Crippen molar-refractivity contribution in [3.63, 3.8) is 0 Å². The highest BCUT2D eigenvalue weighted by Gasteiger charge is 2.17. The zero-order chi connectivity index (χ0) is 9.97. The van der Waals surface area contributed by atoms with E-state index >= 15 is 0 Å². The van der Waals surface area contributed by atoms with Gasteiger partial charge in [0.15, 0.2) is 0 Å². The maximum atomic E-state index is 9.93. The van der Waals surface area contributed by atoms with Crippen LogP contribution >= 0.6 is 11.5 Å². The minimum Gasteiger partial charge on any atom is -0.379 e. The highest BCUT2D eigenvalue weighted by atomic mass is 32.1. The molecule has 0 saturated heterocycles. The Morgan fingerprint density at radius 3 is 3.14 bits per heavy atom. The maximum Gasteiger partial charge on any atom is 0.149 e. The minimum atomic E-state index is -0.718. The summed E-state index contributed by atoms with van der Waals surface area (Å²) >= 11 is 1.18. The lowest BCUT2D eigenvalue weighted by Gasteiger charge is -2.08. The second kappa shape index (κ2) is 3.85. The Labute approximate surface area is 85.2 Å². The van der Waals surface area contributed by atoms with Gasteiger partial charge in [-0.05, 0) is 18.5 Å². The third-order valence-corrected chi connectivity index (χ3v) is 2.70. The van der Waals surface area contributed by atoms with Crippen LogP contribution in [0.2, 0.25) is 0 Å². The Bertz CT molecular complexity index is 397. The molecule has 0 spiro atoms. The van der Waals surface area contributed by atoms with E-state index in [1.165, 1.54) is 11.5 Å². The zero-order valence-electron chi connectivity index (χ0n) is 7.66. The predicted octanol–water partition coefficient (Wildman–Crippen LogP) is 0.836. The number of hydrogen-bond donors (Lipinski definition) is 1. The molecule has 0 amide bonds. The SMILES string of the molecule is CCn1ccnc1C(O)c1cnns1. The molecule has 0 aliphatic heterocycles. The summed E-state index contributed by atoms with van der Waals surface area (Å²) in [5.41, 5.74) is 0. The molecular formula is C8H10N4OS. The molecule has 1 atom stereocenters. The Morgan fingerprint density at radius 1 is 1.64 bits per heavy atom. The summed E-state index contributed by atoms with van der Waals surface area (Å²) in [6.45, 7) is 2.79. The van der Waals surface area contributed by atoms with Crippen LogP contribution in [0.15, 0.2) is 18.6 Å². The molecule has 74 valence electrons. The zero-order valence-corrected chi connectivity index (χ0v) is 8.48. The fourth-order valence-electron chi connectivity index (χ4n) is 1.26. The van der Waals surface area contributed by atoms with Crippen LogP contribution in [0, 0.1) is 0 Å². The van der Waals surface area contributed by atoms with E-state index in [0.717, 1.165) is 6.54 Å². The first-order valence-corrected chi connectivity index (χ1v) is 5.06. The van der Waals surface area contributed by atoms with Crippen molar-refractivity contribution in [2.45, 2.75) is 19.6 Å². The topological polar surface area (TPSA) is 63.8 Å². The van der Waals surface area contributed by atoms with Crippen LogP contribution in [0.4, 0.5) is 0 Å². The summed E-state index contributed by atoms with van der Waals surface area (Å²) in [6, 6.07) is 0. The second-order valence-electron chi connectivity index (χ2n) is 2.79. The van der Waals surface area contributed by atoms with E-state index in [1.807, 2.05) is 17.7 Å². The largest absolute Gasteiger partial charge is 0.379 e. The molecule has 5 nitrogen and oxygen atoms in total. The number of nitrogens with zero attached hydrogens (tertiary/aromatic N) is 4. The Hall–Kier alpha value is -1.27. The summed E-state index contributed by atoms with van der Waals surface area (Å²) in [4.78, 5) is 4.82. The molecule has 0 bridgehead atoms. The number of aliphatic hydroxyl groups is 1. The highest BCUT2D eigenvalue weighted by Crippen LogP contribution is 2.21. The van der Waals surface area contributed by atoms with E-state index in [0.29, 0.717) is 10.7 Å².